The third-order valence-corrected chi connectivity index (χ3v) is 7.73. The van der Waals surface area contributed by atoms with E-state index < -0.39 is 0 Å². The number of carbonyl (C=O) groups excluding carboxylic acids is 2. The maximum Gasteiger partial charge on any atom is 0.323 e. The van der Waals surface area contributed by atoms with Crippen molar-refractivity contribution in [3.63, 3.8) is 0 Å². The third-order valence-electron chi connectivity index (χ3n) is 7.23. The van der Waals surface area contributed by atoms with E-state index in [0.717, 1.165) is 53.8 Å². The van der Waals surface area contributed by atoms with Crippen LogP contribution in [-0.4, -0.2) is 41.8 Å². The highest BCUT2D eigenvalue weighted by atomic mass is 79.9. The maximum atomic E-state index is 12.8. The molecule has 2 aromatic rings. The van der Waals surface area contributed by atoms with Gasteiger partial charge in [-0.3, -0.25) is 14.6 Å². The third kappa shape index (κ3) is 4.64. The Kier molecular flexibility index (Phi) is 6.49. The highest BCUT2D eigenvalue weighted by Crippen LogP contribution is 2.44. The normalized spacial score (nSPS) is 24.6. The summed E-state index contributed by atoms with van der Waals surface area (Å²) in [5.41, 5.74) is 4.56. The van der Waals surface area contributed by atoms with E-state index in [-0.39, 0.29) is 29.8 Å². The fraction of sp³-hybridized carbons (Fsp3) is 0.407. The van der Waals surface area contributed by atoms with Crippen molar-refractivity contribution >= 4 is 27.7 Å². The minimum atomic E-state index is -0.283. The molecule has 34 heavy (non-hydrogen) atoms. The Bertz CT molecular complexity index is 1110. The molecular weight excluding hydrogens is 492 g/mol. The van der Waals surface area contributed by atoms with Crippen molar-refractivity contribution in [2.75, 3.05) is 20.1 Å². The summed E-state index contributed by atoms with van der Waals surface area (Å²) in [5.74, 6) is 0.703. The van der Waals surface area contributed by atoms with E-state index in [2.05, 4.69) is 67.9 Å². The van der Waals surface area contributed by atoms with Gasteiger partial charge < -0.3 is 10.6 Å². The summed E-state index contributed by atoms with van der Waals surface area (Å²) >= 11 is 3.66. The lowest BCUT2D eigenvalue weighted by atomic mass is 9.83. The largest absolute Gasteiger partial charge is 0.363 e. The zero-order chi connectivity index (χ0) is 23.8. The first-order chi connectivity index (χ1) is 16.4. The molecule has 0 aromatic heterocycles. The number of halogens is 1. The van der Waals surface area contributed by atoms with Crippen molar-refractivity contribution in [2.45, 2.75) is 38.4 Å². The van der Waals surface area contributed by atoms with Crippen LogP contribution in [0.25, 0.3) is 0 Å². The van der Waals surface area contributed by atoms with Gasteiger partial charge in [-0.25, -0.2) is 4.79 Å². The summed E-state index contributed by atoms with van der Waals surface area (Å²) in [6.45, 7) is 4.07. The molecule has 3 aliphatic rings. The Hall–Kier alpha value is -2.64. The molecule has 2 aliphatic heterocycles. The van der Waals surface area contributed by atoms with Gasteiger partial charge in [-0.2, -0.15) is 0 Å². The van der Waals surface area contributed by atoms with Gasteiger partial charge in [-0.15, -0.1) is 0 Å². The molecule has 2 amide bonds. The summed E-state index contributed by atoms with van der Waals surface area (Å²) in [7, 11) is 1.66. The predicted octanol–water partition coefficient (Wildman–Crippen LogP) is 4.75. The molecule has 1 unspecified atom stereocenters. The Morgan fingerprint density at radius 3 is 2.53 bits per heavy atom. The molecule has 0 radical (unpaired) electrons. The monoisotopic (exact) mass is 522 g/mol. The molecule has 0 spiro atoms. The number of Topliss-reactive ketones (excluding diaryl/α,β-unsaturated/α-hetero) is 1. The number of ketones is 1. The van der Waals surface area contributed by atoms with E-state index in [1.165, 1.54) is 5.56 Å². The van der Waals surface area contributed by atoms with Crippen LogP contribution >= 0.6 is 15.9 Å². The minimum absolute atomic E-state index is 0.0621. The number of rotatable bonds is 6. The Morgan fingerprint density at radius 2 is 1.85 bits per heavy atom. The first-order valence-corrected chi connectivity index (χ1v) is 12.8. The standard InChI is InChI=1S/C27H31BrN4O2/c1-17(33)23-14-31(13-18-6-4-3-5-7-18)15-24(23)22-12-20(28)10-11-21(22)26-30-25(19-8-9-19)16-32(26)27(34)29-2/h3-7,10-12,16,19,23-24,26,30H,8-9,13-15H2,1-2H3,(H,29,34)/t23-,24-,26?/m0/s1. The number of hydrogen-bond donors (Lipinski definition) is 2. The Morgan fingerprint density at radius 1 is 1.09 bits per heavy atom. The van der Waals surface area contributed by atoms with Gasteiger partial charge in [0, 0.05) is 60.8 Å². The minimum Gasteiger partial charge on any atom is -0.363 e. The van der Waals surface area contributed by atoms with E-state index in [4.69, 9.17) is 0 Å². The molecule has 2 N–H and O–H groups in total. The number of urea groups is 1. The van der Waals surface area contributed by atoms with E-state index in [1.807, 2.05) is 18.3 Å². The van der Waals surface area contributed by atoms with Crippen molar-refractivity contribution in [1.29, 1.82) is 0 Å². The number of allylic oxidation sites excluding steroid dienone is 1. The molecule has 2 fully saturated rings. The van der Waals surface area contributed by atoms with Gasteiger partial charge in [0.2, 0.25) is 0 Å². The Balaban J connectivity index is 1.48. The fourth-order valence-electron chi connectivity index (χ4n) is 5.34. The predicted molar refractivity (Wildman–Crippen MR) is 136 cm³/mol. The van der Waals surface area contributed by atoms with E-state index in [9.17, 15) is 9.59 Å². The van der Waals surface area contributed by atoms with Gasteiger partial charge >= 0.3 is 6.03 Å². The molecular formula is C27H31BrN4O2. The van der Waals surface area contributed by atoms with Crippen LogP contribution in [0.4, 0.5) is 4.79 Å². The molecule has 5 rings (SSSR count). The molecule has 0 bridgehead atoms. The molecule has 178 valence electrons. The molecule has 2 aromatic carbocycles. The average molecular weight is 523 g/mol. The second-order valence-electron chi connectivity index (χ2n) is 9.64. The van der Waals surface area contributed by atoms with Crippen LogP contribution in [0.2, 0.25) is 0 Å². The number of nitrogens with zero attached hydrogens (tertiary/aromatic N) is 2. The number of likely N-dealkylation sites (tertiary alicyclic amines) is 1. The molecule has 1 aliphatic carbocycles. The van der Waals surface area contributed by atoms with Crippen molar-refractivity contribution in [2.24, 2.45) is 11.8 Å². The average Bonchev–Trinajstić information content (AvgIpc) is 3.45. The summed E-state index contributed by atoms with van der Waals surface area (Å²) in [5, 5.41) is 6.40. The van der Waals surface area contributed by atoms with Crippen molar-refractivity contribution in [3.8, 4) is 0 Å². The SMILES string of the molecule is CNC(=O)N1C=C(C2CC2)NC1c1ccc(Br)cc1[C@@H]1CN(Cc2ccccc2)C[C@H]1C(C)=O. The quantitative estimate of drug-likeness (QED) is 0.574. The zero-order valence-corrected chi connectivity index (χ0v) is 21.2. The lowest BCUT2D eigenvalue weighted by Crippen LogP contribution is -2.39. The number of carbonyl (C=O) groups is 2. The molecule has 2 heterocycles. The second kappa shape index (κ2) is 9.55. The first kappa shape index (κ1) is 23.1. The highest BCUT2D eigenvalue weighted by molar-refractivity contribution is 9.10. The zero-order valence-electron chi connectivity index (χ0n) is 19.6. The van der Waals surface area contributed by atoms with Gasteiger partial charge in [0.1, 0.15) is 11.9 Å². The van der Waals surface area contributed by atoms with Crippen LogP contribution < -0.4 is 10.6 Å². The molecule has 1 saturated heterocycles. The van der Waals surface area contributed by atoms with Gasteiger partial charge in [0.15, 0.2) is 0 Å². The fourth-order valence-corrected chi connectivity index (χ4v) is 5.72. The second-order valence-corrected chi connectivity index (χ2v) is 10.6. The number of amides is 2. The number of benzene rings is 2. The lowest BCUT2D eigenvalue weighted by Gasteiger charge is -2.29. The smallest absolute Gasteiger partial charge is 0.323 e. The summed E-state index contributed by atoms with van der Waals surface area (Å²) in [6.07, 6.45) is 3.99. The van der Waals surface area contributed by atoms with E-state index >= 15 is 0 Å². The topological polar surface area (TPSA) is 64.7 Å². The Labute approximate surface area is 209 Å². The van der Waals surface area contributed by atoms with Crippen LogP contribution in [0, 0.1) is 11.8 Å². The van der Waals surface area contributed by atoms with Gasteiger partial charge in [-0.1, -0.05) is 52.3 Å². The molecule has 3 atom stereocenters. The van der Waals surface area contributed by atoms with E-state index in [0.29, 0.717) is 5.92 Å². The van der Waals surface area contributed by atoms with Crippen LogP contribution in [0.1, 0.15) is 48.5 Å². The van der Waals surface area contributed by atoms with Gasteiger partial charge in [-0.05, 0) is 48.6 Å². The van der Waals surface area contributed by atoms with E-state index in [1.54, 1.807) is 18.9 Å². The van der Waals surface area contributed by atoms with Crippen LogP contribution in [0.5, 0.6) is 0 Å². The lowest BCUT2D eigenvalue weighted by molar-refractivity contribution is -0.120. The molecule has 7 heteroatoms. The van der Waals surface area contributed by atoms with Crippen LogP contribution in [0.15, 0.2) is 64.9 Å². The van der Waals surface area contributed by atoms with Crippen molar-refractivity contribution in [3.05, 3.63) is 81.6 Å². The van der Waals surface area contributed by atoms with Gasteiger partial charge in [0.05, 0.1) is 0 Å². The van der Waals surface area contributed by atoms with Crippen molar-refractivity contribution in [1.82, 2.24) is 20.4 Å². The maximum absolute atomic E-state index is 12.8. The van der Waals surface area contributed by atoms with Crippen LogP contribution in [0.3, 0.4) is 0 Å². The highest BCUT2D eigenvalue weighted by Gasteiger charge is 2.41. The number of nitrogens with one attached hydrogen (secondary N) is 2. The first-order valence-electron chi connectivity index (χ1n) is 12.0. The molecule has 6 nitrogen and oxygen atoms in total. The molecule has 1 saturated carbocycles. The number of hydrogen-bond acceptors (Lipinski definition) is 4. The van der Waals surface area contributed by atoms with Crippen molar-refractivity contribution < 1.29 is 9.59 Å². The van der Waals surface area contributed by atoms with Crippen LogP contribution in [-0.2, 0) is 11.3 Å². The summed E-state index contributed by atoms with van der Waals surface area (Å²) in [6, 6.07) is 16.5. The van der Waals surface area contributed by atoms with Gasteiger partial charge in [0.25, 0.3) is 0 Å². The summed E-state index contributed by atoms with van der Waals surface area (Å²) < 4.78 is 0.981. The summed E-state index contributed by atoms with van der Waals surface area (Å²) in [4.78, 5) is 29.7.